The summed E-state index contributed by atoms with van der Waals surface area (Å²) in [6.07, 6.45) is 7.02. The lowest BCUT2D eigenvalue weighted by atomic mass is 9.71. The van der Waals surface area contributed by atoms with Gasteiger partial charge in [0.05, 0.1) is 12.7 Å². The van der Waals surface area contributed by atoms with Gasteiger partial charge in [0.1, 0.15) is 12.0 Å². The molecule has 2 aromatic carbocycles. The topological polar surface area (TPSA) is 49.8 Å². The summed E-state index contributed by atoms with van der Waals surface area (Å²) in [5, 5.41) is 9.91. The number of benzene rings is 2. The molecule has 0 aromatic heterocycles. The Morgan fingerprint density at radius 3 is 2.41 bits per heavy atom. The van der Waals surface area contributed by atoms with E-state index in [2.05, 4.69) is 35.2 Å². The summed E-state index contributed by atoms with van der Waals surface area (Å²) in [5.74, 6) is 1.38. The molecule has 1 saturated heterocycles. The molecule has 2 heterocycles. The number of aromatic hydroxyl groups is 1. The van der Waals surface area contributed by atoms with Gasteiger partial charge in [0.2, 0.25) is 0 Å². The predicted octanol–water partition coefficient (Wildman–Crippen LogP) is 4.64. The summed E-state index contributed by atoms with van der Waals surface area (Å²) in [6.45, 7) is 2.48. The first-order chi connectivity index (χ1) is 14.2. The minimum Gasteiger partial charge on any atom is -0.508 e. The summed E-state index contributed by atoms with van der Waals surface area (Å²) in [6, 6.07) is 14.7. The quantitative estimate of drug-likeness (QED) is 0.772. The molecule has 1 aliphatic carbocycles. The van der Waals surface area contributed by atoms with Crippen LogP contribution in [-0.4, -0.2) is 30.6 Å². The number of carbonyl (C=O) groups excluding carboxylic acids is 1. The Balaban J connectivity index is 1.42. The fraction of sp³-hybridized carbons (Fsp3) is 0.480. The first-order valence-electron chi connectivity index (χ1n) is 11.0. The molecule has 2 atom stereocenters. The van der Waals surface area contributed by atoms with E-state index in [9.17, 15) is 9.90 Å². The van der Waals surface area contributed by atoms with Crippen molar-refractivity contribution in [2.45, 2.75) is 50.7 Å². The third-order valence-electron chi connectivity index (χ3n) is 7.19. The molecule has 0 amide bonds. The minimum atomic E-state index is 0.218. The van der Waals surface area contributed by atoms with E-state index in [1.807, 2.05) is 6.07 Å². The summed E-state index contributed by atoms with van der Waals surface area (Å²) in [5.41, 5.74) is 4.93. The zero-order valence-electron chi connectivity index (χ0n) is 16.8. The highest BCUT2D eigenvalue weighted by molar-refractivity contribution is 5.56. The summed E-state index contributed by atoms with van der Waals surface area (Å²) < 4.78 is 6.35. The normalized spacial score (nSPS) is 25.3. The zero-order chi connectivity index (χ0) is 19.8. The first-order valence-corrected chi connectivity index (χ1v) is 11.0. The van der Waals surface area contributed by atoms with E-state index in [0.29, 0.717) is 18.3 Å². The van der Waals surface area contributed by atoms with Crippen LogP contribution in [-0.2, 0) is 16.1 Å². The van der Waals surface area contributed by atoms with Crippen LogP contribution in [0.5, 0.6) is 5.75 Å². The Bertz CT molecular complexity index is 866. The third kappa shape index (κ3) is 3.55. The Hall–Kier alpha value is -2.33. The molecule has 3 aliphatic rings. The number of ether oxygens (including phenoxy) is 1. The van der Waals surface area contributed by atoms with Crippen molar-refractivity contribution in [3.05, 3.63) is 59.2 Å². The van der Waals surface area contributed by atoms with E-state index in [1.165, 1.54) is 36.1 Å². The molecule has 1 N–H and O–H groups in total. The molecular formula is C25H29NO3. The van der Waals surface area contributed by atoms with Gasteiger partial charge in [0, 0.05) is 30.6 Å². The number of fused-ring (bicyclic) bond motifs is 1. The highest BCUT2D eigenvalue weighted by Crippen LogP contribution is 2.46. The van der Waals surface area contributed by atoms with Crippen LogP contribution in [0.25, 0.3) is 0 Å². The number of hydrogen-bond acceptors (Lipinski definition) is 4. The maximum Gasteiger partial charge on any atom is 0.123 e. The van der Waals surface area contributed by atoms with Crippen LogP contribution in [0.3, 0.4) is 0 Å². The van der Waals surface area contributed by atoms with Crippen LogP contribution in [0.1, 0.15) is 54.7 Å². The molecule has 0 unspecified atom stereocenters. The van der Waals surface area contributed by atoms with Crippen LogP contribution in [0.15, 0.2) is 42.5 Å². The lowest BCUT2D eigenvalue weighted by molar-refractivity contribution is -0.111. The van der Waals surface area contributed by atoms with Crippen molar-refractivity contribution in [2.24, 2.45) is 11.8 Å². The van der Waals surface area contributed by atoms with Crippen LogP contribution < -0.4 is 4.90 Å². The Labute approximate surface area is 172 Å². The van der Waals surface area contributed by atoms with Crippen LogP contribution >= 0.6 is 0 Å². The number of rotatable bonds is 4. The fourth-order valence-corrected chi connectivity index (χ4v) is 5.21. The number of hydrogen-bond donors (Lipinski definition) is 1. The van der Waals surface area contributed by atoms with Crippen molar-refractivity contribution in [1.82, 2.24) is 0 Å². The molecule has 29 heavy (non-hydrogen) atoms. The molecule has 4 nitrogen and oxygen atoms in total. The molecule has 5 rings (SSSR count). The average Bonchev–Trinajstić information content (AvgIpc) is 2.73. The standard InChI is InChI=1S/C25H29NO3/c27-15-17-10-12-26(13-11-17)21-6-4-18(5-7-21)24-23-9-8-22(28)14-20(23)16-29-25(24)19-2-1-3-19/h4-9,14-15,17,19,24-25,28H,1-3,10-13,16H2/t24-,25-/m1/s1. The Morgan fingerprint density at radius 2 is 1.76 bits per heavy atom. The summed E-state index contributed by atoms with van der Waals surface area (Å²) in [4.78, 5) is 13.4. The largest absolute Gasteiger partial charge is 0.508 e. The second kappa shape index (κ2) is 7.83. The number of piperidine rings is 1. The second-order valence-corrected chi connectivity index (χ2v) is 8.88. The Morgan fingerprint density at radius 1 is 1.00 bits per heavy atom. The molecule has 2 fully saturated rings. The lowest BCUT2D eigenvalue weighted by Gasteiger charge is -2.42. The summed E-state index contributed by atoms with van der Waals surface area (Å²) >= 11 is 0. The molecule has 1 saturated carbocycles. The molecule has 0 spiro atoms. The van der Waals surface area contributed by atoms with Gasteiger partial charge < -0.3 is 19.5 Å². The van der Waals surface area contributed by atoms with Gasteiger partial charge in [0.25, 0.3) is 0 Å². The number of phenols is 1. The van der Waals surface area contributed by atoms with E-state index in [0.717, 1.165) is 37.8 Å². The second-order valence-electron chi connectivity index (χ2n) is 8.88. The van der Waals surface area contributed by atoms with E-state index >= 15 is 0 Å². The molecule has 4 heteroatoms. The molecule has 0 bridgehead atoms. The molecule has 2 aromatic rings. The average molecular weight is 392 g/mol. The van der Waals surface area contributed by atoms with E-state index < -0.39 is 0 Å². The molecular weight excluding hydrogens is 362 g/mol. The number of nitrogens with zero attached hydrogens (tertiary/aromatic N) is 1. The number of aldehydes is 1. The van der Waals surface area contributed by atoms with Gasteiger partial charge >= 0.3 is 0 Å². The maximum absolute atomic E-state index is 11.0. The van der Waals surface area contributed by atoms with Gasteiger partial charge in [-0.15, -0.1) is 0 Å². The van der Waals surface area contributed by atoms with Crippen molar-refractivity contribution in [3.8, 4) is 5.75 Å². The fourth-order valence-electron chi connectivity index (χ4n) is 5.21. The van der Waals surface area contributed by atoms with Gasteiger partial charge in [-0.2, -0.15) is 0 Å². The summed E-state index contributed by atoms with van der Waals surface area (Å²) in [7, 11) is 0. The zero-order valence-corrected chi connectivity index (χ0v) is 16.8. The highest BCUT2D eigenvalue weighted by Gasteiger charge is 2.39. The van der Waals surface area contributed by atoms with Gasteiger partial charge in [0.15, 0.2) is 0 Å². The molecule has 2 aliphatic heterocycles. The van der Waals surface area contributed by atoms with E-state index in [-0.39, 0.29) is 17.9 Å². The van der Waals surface area contributed by atoms with Crippen molar-refractivity contribution in [2.75, 3.05) is 18.0 Å². The Kier molecular flexibility index (Phi) is 5.04. The van der Waals surface area contributed by atoms with Gasteiger partial charge in [-0.05, 0) is 72.6 Å². The molecule has 152 valence electrons. The number of carbonyl (C=O) groups is 1. The lowest BCUT2D eigenvalue weighted by Crippen LogP contribution is -2.38. The SMILES string of the molecule is O=CC1CCN(c2ccc([C@@H]3c4ccc(O)cc4CO[C@@H]3C3CCC3)cc2)CC1. The first kappa shape index (κ1) is 18.7. The number of anilines is 1. The van der Waals surface area contributed by atoms with E-state index in [4.69, 9.17) is 4.74 Å². The van der Waals surface area contributed by atoms with E-state index in [1.54, 1.807) is 6.07 Å². The highest BCUT2D eigenvalue weighted by atomic mass is 16.5. The number of phenolic OH excluding ortho intramolecular Hbond substituents is 1. The maximum atomic E-state index is 11.0. The van der Waals surface area contributed by atoms with Crippen molar-refractivity contribution < 1.29 is 14.6 Å². The van der Waals surface area contributed by atoms with Crippen molar-refractivity contribution in [3.63, 3.8) is 0 Å². The van der Waals surface area contributed by atoms with Crippen LogP contribution in [0.2, 0.25) is 0 Å². The van der Waals surface area contributed by atoms with Crippen LogP contribution in [0.4, 0.5) is 5.69 Å². The van der Waals surface area contributed by atoms with Gasteiger partial charge in [-0.3, -0.25) is 0 Å². The predicted molar refractivity (Wildman–Crippen MR) is 113 cm³/mol. The monoisotopic (exact) mass is 391 g/mol. The third-order valence-corrected chi connectivity index (χ3v) is 7.19. The smallest absolute Gasteiger partial charge is 0.123 e. The van der Waals surface area contributed by atoms with Crippen molar-refractivity contribution in [1.29, 1.82) is 0 Å². The molecule has 0 radical (unpaired) electrons. The van der Waals surface area contributed by atoms with Gasteiger partial charge in [-0.25, -0.2) is 0 Å². The minimum absolute atomic E-state index is 0.218. The van der Waals surface area contributed by atoms with Gasteiger partial charge in [-0.1, -0.05) is 24.6 Å². The van der Waals surface area contributed by atoms with Crippen LogP contribution in [0, 0.1) is 11.8 Å². The van der Waals surface area contributed by atoms with Crippen molar-refractivity contribution >= 4 is 12.0 Å².